The Morgan fingerprint density at radius 2 is 1.70 bits per heavy atom. The van der Waals surface area contributed by atoms with Crippen molar-refractivity contribution >= 4 is 21.4 Å². The fourth-order valence-corrected chi connectivity index (χ4v) is 3.41. The Labute approximate surface area is 122 Å². The van der Waals surface area contributed by atoms with Crippen LogP contribution in [-0.4, -0.2) is 20.7 Å². The molecule has 5 heteroatoms. The normalized spacial score (nSPS) is 23.3. The molecule has 2 N–H and O–H groups in total. The summed E-state index contributed by atoms with van der Waals surface area (Å²) in [6, 6.07) is 7.93. The van der Waals surface area contributed by atoms with Crippen LogP contribution in [0.2, 0.25) is 0 Å². The van der Waals surface area contributed by atoms with Crippen molar-refractivity contribution in [3.8, 4) is 0 Å². The number of anilines is 2. The summed E-state index contributed by atoms with van der Waals surface area (Å²) in [6.07, 6.45) is 7.28. The maximum absolute atomic E-state index is 11.4. The van der Waals surface area contributed by atoms with Crippen molar-refractivity contribution < 1.29 is 8.42 Å². The van der Waals surface area contributed by atoms with Crippen LogP contribution in [0.15, 0.2) is 24.3 Å². The summed E-state index contributed by atoms with van der Waals surface area (Å²) in [5.41, 5.74) is 1.51. The van der Waals surface area contributed by atoms with E-state index in [0.29, 0.717) is 11.7 Å². The molecule has 0 unspecified atom stereocenters. The van der Waals surface area contributed by atoms with Gasteiger partial charge in [0.05, 0.1) is 17.6 Å². The average Bonchev–Trinajstić information content (AvgIpc) is 2.40. The third-order valence-corrected chi connectivity index (χ3v) is 4.60. The standard InChI is InChI=1S/C15H24N2O2S/c1-3-12-8-10-13(11-9-12)16-14-6-4-5-7-15(14)17-20(2,18)19/h4-7,12-13,16-17H,3,8-11H2,1-2H3. The Balaban J connectivity index is 2.03. The van der Waals surface area contributed by atoms with E-state index in [4.69, 9.17) is 0 Å². The lowest BCUT2D eigenvalue weighted by Gasteiger charge is -2.29. The topological polar surface area (TPSA) is 58.2 Å². The molecule has 1 aromatic carbocycles. The van der Waals surface area contributed by atoms with Crippen molar-refractivity contribution in [3.05, 3.63) is 24.3 Å². The number of nitrogens with one attached hydrogen (secondary N) is 2. The van der Waals surface area contributed by atoms with Gasteiger partial charge in [-0.05, 0) is 43.7 Å². The molecule has 112 valence electrons. The van der Waals surface area contributed by atoms with Crippen LogP contribution >= 0.6 is 0 Å². The molecule has 1 aliphatic carbocycles. The van der Waals surface area contributed by atoms with Gasteiger partial charge in [-0.3, -0.25) is 4.72 Å². The van der Waals surface area contributed by atoms with Crippen molar-refractivity contribution in [2.75, 3.05) is 16.3 Å². The number of rotatable bonds is 5. The minimum Gasteiger partial charge on any atom is -0.381 e. The Bertz CT molecular complexity index is 535. The van der Waals surface area contributed by atoms with E-state index in [-0.39, 0.29) is 0 Å². The summed E-state index contributed by atoms with van der Waals surface area (Å²) < 4.78 is 25.3. The van der Waals surface area contributed by atoms with Crippen molar-refractivity contribution in [1.82, 2.24) is 0 Å². The SMILES string of the molecule is CCC1CCC(Nc2ccccc2NS(C)(=O)=O)CC1. The van der Waals surface area contributed by atoms with E-state index in [1.54, 1.807) is 6.07 Å². The highest BCUT2D eigenvalue weighted by Crippen LogP contribution is 2.30. The van der Waals surface area contributed by atoms with Crippen LogP contribution in [-0.2, 0) is 10.0 Å². The first-order valence-electron chi connectivity index (χ1n) is 7.31. The third kappa shape index (κ3) is 4.40. The maximum Gasteiger partial charge on any atom is 0.229 e. The molecule has 1 aliphatic rings. The van der Waals surface area contributed by atoms with Crippen LogP contribution in [0.5, 0.6) is 0 Å². The molecular formula is C15H24N2O2S. The van der Waals surface area contributed by atoms with Crippen LogP contribution in [0.1, 0.15) is 39.0 Å². The zero-order chi connectivity index (χ0) is 14.6. The summed E-state index contributed by atoms with van der Waals surface area (Å²) >= 11 is 0. The highest BCUT2D eigenvalue weighted by molar-refractivity contribution is 7.92. The third-order valence-electron chi connectivity index (χ3n) is 4.01. The van der Waals surface area contributed by atoms with Gasteiger partial charge in [-0.2, -0.15) is 0 Å². The van der Waals surface area contributed by atoms with Gasteiger partial charge in [0.2, 0.25) is 10.0 Å². The molecule has 0 aliphatic heterocycles. The van der Waals surface area contributed by atoms with Gasteiger partial charge in [0.15, 0.2) is 0 Å². The van der Waals surface area contributed by atoms with Crippen molar-refractivity contribution in [2.45, 2.75) is 45.1 Å². The van der Waals surface area contributed by atoms with Crippen LogP contribution in [0, 0.1) is 5.92 Å². The van der Waals surface area contributed by atoms with E-state index >= 15 is 0 Å². The summed E-state index contributed by atoms with van der Waals surface area (Å²) in [6.45, 7) is 2.25. The molecule has 20 heavy (non-hydrogen) atoms. The molecule has 0 radical (unpaired) electrons. The minimum atomic E-state index is -3.24. The van der Waals surface area contributed by atoms with Gasteiger partial charge in [-0.1, -0.05) is 25.5 Å². The molecule has 0 amide bonds. The van der Waals surface area contributed by atoms with E-state index in [9.17, 15) is 8.42 Å². The highest BCUT2D eigenvalue weighted by atomic mass is 32.2. The Kier molecular flexibility index (Phi) is 4.91. The quantitative estimate of drug-likeness (QED) is 0.875. The van der Waals surface area contributed by atoms with E-state index in [1.807, 2.05) is 18.2 Å². The van der Waals surface area contributed by atoms with Gasteiger partial charge in [0, 0.05) is 6.04 Å². The first kappa shape index (κ1) is 15.2. The number of benzene rings is 1. The number of hydrogen-bond donors (Lipinski definition) is 2. The molecule has 1 saturated carbocycles. The average molecular weight is 296 g/mol. The molecule has 0 spiro atoms. The second-order valence-electron chi connectivity index (χ2n) is 5.69. The summed E-state index contributed by atoms with van der Waals surface area (Å²) in [5, 5.41) is 3.49. The molecule has 0 atom stereocenters. The molecule has 0 saturated heterocycles. The lowest BCUT2D eigenvalue weighted by Crippen LogP contribution is -2.26. The van der Waals surface area contributed by atoms with Crippen molar-refractivity contribution in [3.63, 3.8) is 0 Å². The Hall–Kier alpha value is -1.23. The van der Waals surface area contributed by atoms with Gasteiger partial charge in [-0.15, -0.1) is 0 Å². The van der Waals surface area contributed by atoms with Crippen LogP contribution in [0.3, 0.4) is 0 Å². The Morgan fingerprint density at radius 3 is 2.25 bits per heavy atom. The van der Waals surface area contributed by atoms with E-state index in [1.165, 1.54) is 25.5 Å². The molecule has 0 heterocycles. The van der Waals surface area contributed by atoms with Crippen LogP contribution < -0.4 is 10.0 Å². The predicted octanol–water partition coefficient (Wildman–Crippen LogP) is 3.44. The second-order valence-corrected chi connectivity index (χ2v) is 7.44. The lowest BCUT2D eigenvalue weighted by atomic mass is 9.84. The summed E-state index contributed by atoms with van der Waals surface area (Å²) in [7, 11) is -3.24. The fourth-order valence-electron chi connectivity index (χ4n) is 2.83. The van der Waals surface area contributed by atoms with Gasteiger partial charge in [0.1, 0.15) is 0 Å². The Morgan fingerprint density at radius 1 is 1.10 bits per heavy atom. The second kappa shape index (κ2) is 6.48. The monoisotopic (exact) mass is 296 g/mol. The molecular weight excluding hydrogens is 272 g/mol. The van der Waals surface area contributed by atoms with Gasteiger partial charge in [0.25, 0.3) is 0 Å². The summed E-state index contributed by atoms with van der Waals surface area (Å²) in [5.74, 6) is 0.859. The molecule has 2 rings (SSSR count). The number of para-hydroxylation sites is 2. The van der Waals surface area contributed by atoms with Crippen LogP contribution in [0.4, 0.5) is 11.4 Å². The van der Waals surface area contributed by atoms with Gasteiger partial charge in [-0.25, -0.2) is 8.42 Å². The zero-order valence-electron chi connectivity index (χ0n) is 12.2. The smallest absolute Gasteiger partial charge is 0.229 e. The fraction of sp³-hybridized carbons (Fsp3) is 0.600. The molecule has 1 fully saturated rings. The zero-order valence-corrected chi connectivity index (χ0v) is 13.0. The minimum absolute atomic E-state index is 0.445. The van der Waals surface area contributed by atoms with E-state index < -0.39 is 10.0 Å². The van der Waals surface area contributed by atoms with Crippen LogP contribution in [0.25, 0.3) is 0 Å². The molecule has 0 aromatic heterocycles. The van der Waals surface area contributed by atoms with Crippen molar-refractivity contribution in [2.24, 2.45) is 5.92 Å². The van der Waals surface area contributed by atoms with Gasteiger partial charge >= 0.3 is 0 Å². The van der Waals surface area contributed by atoms with E-state index in [2.05, 4.69) is 17.0 Å². The largest absolute Gasteiger partial charge is 0.381 e. The highest BCUT2D eigenvalue weighted by Gasteiger charge is 2.20. The predicted molar refractivity (Wildman–Crippen MR) is 84.6 cm³/mol. The molecule has 0 bridgehead atoms. The van der Waals surface area contributed by atoms with E-state index in [0.717, 1.165) is 24.4 Å². The molecule has 1 aromatic rings. The lowest BCUT2D eigenvalue weighted by molar-refractivity contribution is 0.330. The first-order valence-corrected chi connectivity index (χ1v) is 9.20. The first-order chi connectivity index (χ1) is 9.48. The molecule has 4 nitrogen and oxygen atoms in total. The number of hydrogen-bond acceptors (Lipinski definition) is 3. The number of sulfonamides is 1. The van der Waals surface area contributed by atoms with Crippen molar-refractivity contribution in [1.29, 1.82) is 0 Å². The van der Waals surface area contributed by atoms with Gasteiger partial charge < -0.3 is 5.32 Å². The maximum atomic E-state index is 11.4. The summed E-state index contributed by atoms with van der Waals surface area (Å²) in [4.78, 5) is 0.